The third-order valence-corrected chi connectivity index (χ3v) is 4.40. The molecule has 0 aliphatic carbocycles. The van der Waals surface area contributed by atoms with Crippen molar-refractivity contribution in [2.45, 2.75) is 25.0 Å². The molecule has 9 nitrogen and oxygen atoms in total. The predicted octanol–water partition coefficient (Wildman–Crippen LogP) is 0.0845. The molecule has 2 aromatic rings. The summed E-state index contributed by atoms with van der Waals surface area (Å²) in [5, 5.41) is 14.3. The van der Waals surface area contributed by atoms with Gasteiger partial charge in [0.1, 0.15) is 6.04 Å². The molecule has 164 valence electrons. The standard InChI is InChI=1S/C22H28N6O3/c23-12-2-5-20(25)26-18-4-1-3-16(13-18)7-6-15-8-10-17(11-9-15)21(29)27-19(14-24)22(30)28-31/h1,3-4,8-11,13,19-20,26,31H,2,5,12,14,23-25H2,(H,27,29)(H,28,30)/t19-,20+/m0/s1. The van der Waals surface area contributed by atoms with Gasteiger partial charge in [-0.25, -0.2) is 5.48 Å². The summed E-state index contributed by atoms with van der Waals surface area (Å²) in [7, 11) is 0. The van der Waals surface area contributed by atoms with E-state index in [1.54, 1.807) is 24.3 Å². The van der Waals surface area contributed by atoms with Gasteiger partial charge in [-0.2, -0.15) is 0 Å². The molecule has 0 saturated heterocycles. The highest BCUT2D eigenvalue weighted by Crippen LogP contribution is 2.12. The highest BCUT2D eigenvalue weighted by Gasteiger charge is 2.19. The first kappa shape index (κ1) is 23.9. The van der Waals surface area contributed by atoms with Crippen LogP contribution in [0.2, 0.25) is 0 Å². The fraction of sp³-hybridized carbons (Fsp3) is 0.273. The van der Waals surface area contributed by atoms with E-state index in [4.69, 9.17) is 22.4 Å². The van der Waals surface area contributed by atoms with Crippen molar-refractivity contribution in [3.8, 4) is 11.8 Å². The molecule has 0 heterocycles. The second-order valence-electron chi connectivity index (χ2n) is 6.83. The summed E-state index contributed by atoms with van der Waals surface area (Å²) in [6.07, 6.45) is 1.46. The van der Waals surface area contributed by atoms with Crippen LogP contribution < -0.4 is 33.3 Å². The number of carbonyl (C=O) groups is 2. The van der Waals surface area contributed by atoms with Crippen molar-refractivity contribution in [1.29, 1.82) is 0 Å². The number of rotatable bonds is 9. The number of anilines is 1. The Kier molecular flexibility index (Phi) is 9.48. The summed E-state index contributed by atoms with van der Waals surface area (Å²) in [4.78, 5) is 23.7. The maximum atomic E-state index is 12.2. The molecule has 0 radical (unpaired) electrons. The Bertz CT molecular complexity index is 936. The molecule has 0 saturated carbocycles. The van der Waals surface area contributed by atoms with Crippen LogP contribution in [0, 0.1) is 11.8 Å². The Balaban J connectivity index is 2.02. The third-order valence-electron chi connectivity index (χ3n) is 4.40. The van der Waals surface area contributed by atoms with Gasteiger partial charge in [-0.1, -0.05) is 17.9 Å². The summed E-state index contributed by atoms with van der Waals surface area (Å²) < 4.78 is 0. The summed E-state index contributed by atoms with van der Waals surface area (Å²) in [6.45, 7) is 0.459. The first-order valence-corrected chi connectivity index (χ1v) is 9.86. The van der Waals surface area contributed by atoms with Crippen LogP contribution in [0.3, 0.4) is 0 Å². The second-order valence-corrected chi connectivity index (χ2v) is 6.83. The number of amides is 2. The molecule has 9 heteroatoms. The van der Waals surface area contributed by atoms with Gasteiger partial charge in [0.2, 0.25) is 0 Å². The van der Waals surface area contributed by atoms with E-state index in [9.17, 15) is 9.59 Å². The number of nitrogens with one attached hydrogen (secondary N) is 3. The predicted molar refractivity (Wildman–Crippen MR) is 119 cm³/mol. The molecule has 2 aromatic carbocycles. The Hall–Kier alpha value is -3.42. The quantitative estimate of drug-likeness (QED) is 0.129. The van der Waals surface area contributed by atoms with Crippen molar-refractivity contribution in [3.63, 3.8) is 0 Å². The van der Waals surface area contributed by atoms with Crippen LogP contribution in [0.4, 0.5) is 5.69 Å². The van der Waals surface area contributed by atoms with Crippen LogP contribution in [0.15, 0.2) is 48.5 Å². The molecular formula is C22H28N6O3. The fourth-order valence-corrected chi connectivity index (χ4v) is 2.71. The van der Waals surface area contributed by atoms with Crippen LogP contribution in [0.25, 0.3) is 0 Å². The summed E-state index contributed by atoms with van der Waals surface area (Å²) in [5.41, 5.74) is 21.2. The first-order chi connectivity index (χ1) is 15.0. The van der Waals surface area contributed by atoms with E-state index in [1.807, 2.05) is 24.3 Å². The number of benzene rings is 2. The zero-order valence-electron chi connectivity index (χ0n) is 17.1. The smallest absolute Gasteiger partial charge is 0.267 e. The number of hydroxylamine groups is 1. The zero-order valence-corrected chi connectivity index (χ0v) is 17.1. The third kappa shape index (κ3) is 7.73. The van der Waals surface area contributed by atoms with Gasteiger partial charge in [0.15, 0.2) is 0 Å². The van der Waals surface area contributed by atoms with Gasteiger partial charge in [0.25, 0.3) is 11.8 Å². The average Bonchev–Trinajstić information content (AvgIpc) is 2.79. The Morgan fingerprint density at radius 1 is 1.03 bits per heavy atom. The minimum atomic E-state index is -1.03. The molecule has 2 rings (SSSR count). The van der Waals surface area contributed by atoms with E-state index < -0.39 is 17.9 Å². The summed E-state index contributed by atoms with van der Waals surface area (Å²) in [6, 6.07) is 13.2. The SMILES string of the molecule is NCCC[C@H](N)Nc1cccc(C#Cc2ccc(C(=O)N[C@@H](CN)C(=O)NO)cc2)c1. The summed E-state index contributed by atoms with van der Waals surface area (Å²) in [5.74, 6) is 4.86. The van der Waals surface area contributed by atoms with Gasteiger partial charge < -0.3 is 27.8 Å². The average molecular weight is 425 g/mol. The number of carbonyl (C=O) groups excluding carboxylic acids is 2. The second kappa shape index (κ2) is 12.3. The van der Waals surface area contributed by atoms with Gasteiger partial charge >= 0.3 is 0 Å². The van der Waals surface area contributed by atoms with E-state index in [0.717, 1.165) is 29.7 Å². The van der Waals surface area contributed by atoms with E-state index in [0.29, 0.717) is 12.1 Å². The molecule has 0 aliphatic rings. The Morgan fingerprint density at radius 2 is 1.74 bits per heavy atom. The van der Waals surface area contributed by atoms with Gasteiger partial charge in [0, 0.05) is 28.9 Å². The topological polar surface area (TPSA) is 169 Å². The van der Waals surface area contributed by atoms with E-state index >= 15 is 0 Å². The van der Waals surface area contributed by atoms with Crippen molar-refractivity contribution in [2.75, 3.05) is 18.4 Å². The fourth-order valence-electron chi connectivity index (χ4n) is 2.71. The number of hydrogen-bond donors (Lipinski definition) is 7. The molecule has 0 aromatic heterocycles. The Labute approximate surface area is 181 Å². The summed E-state index contributed by atoms with van der Waals surface area (Å²) >= 11 is 0. The molecule has 0 fully saturated rings. The van der Waals surface area contributed by atoms with Crippen LogP contribution >= 0.6 is 0 Å². The van der Waals surface area contributed by atoms with Crippen molar-refractivity contribution < 1.29 is 14.8 Å². The van der Waals surface area contributed by atoms with Crippen LogP contribution in [-0.4, -0.2) is 42.3 Å². The highest BCUT2D eigenvalue weighted by molar-refractivity contribution is 5.97. The molecule has 10 N–H and O–H groups in total. The van der Waals surface area contributed by atoms with Crippen LogP contribution in [0.1, 0.15) is 34.3 Å². The molecule has 0 spiro atoms. The lowest BCUT2D eigenvalue weighted by Crippen LogP contribution is -2.50. The van der Waals surface area contributed by atoms with Crippen molar-refractivity contribution in [1.82, 2.24) is 10.8 Å². The van der Waals surface area contributed by atoms with Crippen molar-refractivity contribution in [3.05, 3.63) is 65.2 Å². The van der Waals surface area contributed by atoms with E-state index in [-0.39, 0.29) is 12.7 Å². The maximum absolute atomic E-state index is 12.2. The van der Waals surface area contributed by atoms with Gasteiger partial charge in [-0.3, -0.25) is 14.8 Å². The molecule has 2 amide bonds. The number of hydrogen-bond acceptors (Lipinski definition) is 7. The lowest BCUT2D eigenvalue weighted by molar-refractivity contribution is -0.130. The van der Waals surface area contributed by atoms with Crippen molar-refractivity contribution in [2.24, 2.45) is 17.2 Å². The van der Waals surface area contributed by atoms with E-state index in [2.05, 4.69) is 22.5 Å². The van der Waals surface area contributed by atoms with Gasteiger partial charge in [-0.05, 0) is 61.9 Å². The molecular weight excluding hydrogens is 396 g/mol. The largest absolute Gasteiger partial charge is 0.370 e. The highest BCUT2D eigenvalue weighted by atomic mass is 16.5. The molecule has 0 aliphatic heterocycles. The van der Waals surface area contributed by atoms with Crippen LogP contribution in [-0.2, 0) is 4.79 Å². The number of nitrogens with two attached hydrogens (primary N) is 3. The van der Waals surface area contributed by atoms with Gasteiger partial charge in [-0.15, -0.1) is 0 Å². The van der Waals surface area contributed by atoms with E-state index in [1.165, 1.54) is 5.48 Å². The Morgan fingerprint density at radius 3 is 2.39 bits per heavy atom. The maximum Gasteiger partial charge on any atom is 0.267 e. The monoisotopic (exact) mass is 424 g/mol. The van der Waals surface area contributed by atoms with Crippen molar-refractivity contribution >= 4 is 17.5 Å². The first-order valence-electron chi connectivity index (χ1n) is 9.86. The lowest BCUT2D eigenvalue weighted by atomic mass is 10.1. The molecule has 31 heavy (non-hydrogen) atoms. The van der Waals surface area contributed by atoms with Gasteiger partial charge in [0.05, 0.1) is 6.17 Å². The minimum absolute atomic E-state index is 0.145. The zero-order chi connectivity index (χ0) is 22.6. The minimum Gasteiger partial charge on any atom is -0.370 e. The molecule has 0 unspecified atom stereocenters. The molecule has 2 atom stereocenters. The molecule has 0 bridgehead atoms. The van der Waals surface area contributed by atoms with Crippen LogP contribution in [0.5, 0.6) is 0 Å². The normalized spacial score (nSPS) is 12.1. The lowest BCUT2D eigenvalue weighted by Gasteiger charge is -2.14.